The van der Waals surface area contributed by atoms with E-state index in [-0.39, 0.29) is 24.2 Å². The Balaban J connectivity index is 1.58. The van der Waals surface area contributed by atoms with Crippen molar-refractivity contribution in [3.63, 3.8) is 0 Å². The molecule has 2 heterocycles. The fraction of sp³-hybridized carbons (Fsp3) is 0.417. The number of likely N-dealkylation sites (tertiary alicyclic amines) is 1. The van der Waals surface area contributed by atoms with Crippen molar-refractivity contribution in [3.05, 3.63) is 64.7 Å². The molecule has 158 valence electrons. The molecule has 1 saturated heterocycles. The summed E-state index contributed by atoms with van der Waals surface area (Å²) in [5.41, 5.74) is 5.17. The predicted molar refractivity (Wildman–Crippen MR) is 117 cm³/mol. The zero-order valence-corrected chi connectivity index (χ0v) is 17.9. The molecule has 2 aliphatic heterocycles. The van der Waals surface area contributed by atoms with Gasteiger partial charge in [0.05, 0.1) is 6.61 Å². The molecule has 0 aliphatic carbocycles. The van der Waals surface area contributed by atoms with E-state index in [2.05, 4.69) is 37.4 Å². The normalized spacial score (nSPS) is 19.0. The van der Waals surface area contributed by atoms with Gasteiger partial charge in [0.15, 0.2) is 0 Å². The molecular weight excluding hydrogens is 378 g/mol. The summed E-state index contributed by atoms with van der Waals surface area (Å²) in [6.45, 7) is 7.55. The summed E-state index contributed by atoms with van der Waals surface area (Å²) in [6, 6.07) is 14.2. The maximum atomic E-state index is 13.3. The molecule has 0 saturated carbocycles. The van der Waals surface area contributed by atoms with Gasteiger partial charge in [-0.2, -0.15) is 0 Å². The van der Waals surface area contributed by atoms with Crippen LogP contribution in [0.15, 0.2) is 42.5 Å². The molecule has 1 fully saturated rings. The Hall–Kier alpha value is -3.02. The van der Waals surface area contributed by atoms with Crippen LogP contribution in [0, 0.1) is 13.8 Å². The van der Waals surface area contributed by atoms with Gasteiger partial charge in [-0.25, -0.2) is 4.79 Å². The fourth-order valence-electron chi connectivity index (χ4n) is 4.52. The van der Waals surface area contributed by atoms with Crippen molar-refractivity contribution in [1.82, 2.24) is 9.80 Å². The van der Waals surface area contributed by atoms with E-state index in [4.69, 9.17) is 4.74 Å². The Bertz CT molecular complexity index is 950. The van der Waals surface area contributed by atoms with Crippen molar-refractivity contribution >= 4 is 17.7 Å². The molecular formula is C24H29N3O3. The summed E-state index contributed by atoms with van der Waals surface area (Å²) in [6.07, 6.45) is 0.999. The highest BCUT2D eigenvalue weighted by molar-refractivity contribution is 5.99. The summed E-state index contributed by atoms with van der Waals surface area (Å²) in [7, 11) is 0. The first-order valence-electron chi connectivity index (χ1n) is 10.7. The SMILES string of the molecule is CCOC(=O)N1CCC(N2C(=O)c3ccccc3[C@H]2Nc2ccc(C)cc2C)CC1. The molecule has 2 aliphatic rings. The molecule has 0 aromatic heterocycles. The van der Waals surface area contributed by atoms with Crippen LogP contribution >= 0.6 is 0 Å². The number of fused-ring (bicyclic) bond motifs is 1. The van der Waals surface area contributed by atoms with Crippen LogP contribution < -0.4 is 5.32 Å². The highest BCUT2D eigenvalue weighted by Gasteiger charge is 2.42. The molecule has 4 rings (SSSR count). The number of hydrogen-bond donors (Lipinski definition) is 1. The molecule has 0 radical (unpaired) electrons. The van der Waals surface area contributed by atoms with Gasteiger partial charge in [-0.15, -0.1) is 0 Å². The van der Waals surface area contributed by atoms with Gasteiger partial charge < -0.3 is 19.9 Å². The van der Waals surface area contributed by atoms with E-state index in [1.807, 2.05) is 36.1 Å². The highest BCUT2D eigenvalue weighted by Crippen LogP contribution is 2.38. The van der Waals surface area contributed by atoms with Crippen LogP contribution in [0.3, 0.4) is 0 Å². The van der Waals surface area contributed by atoms with Crippen LogP contribution in [-0.4, -0.2) is 47.5 Å². The second kappa shape index (κ2) is 8.38. The number of ether oxygens (including phenoxy) is 1. The van der Waals surface area contributed by atoms with Crippen molar-refractivity contribution in [2.45, 2.75) is 45.8 Å². The minimum absolute atomic E-state index is 0.0578. The van der Waals surface area contributed by atoms with Crippen LogP contribution in [0.25, 0.3) is 0 Å². The molecule has 6 nitrogen and oxygen atoms in total. The molecule has 2 amide bonds. The summed E-state index contributed by atoms with van der Waals surface area (Å²) >= 11 is 0. The van der Waals surface area contributed by atoms with E-state index in [1.165, 1.54) is 5.56 Å². The topological polar surface area (TPSA) is 61.9 Å². The molecule has 0 unspecified atom stereocenters. The van der Waals surface area contributed by atoms with Gasteiger partial charge >= 0.3 is 6.09 Å². The van der Waals surface area contributed by atoms with Crippen molar-refractivity contribution in [2.24, 2.45) is 0 Å². The van der Waals surface area contributed by atoms with Gasteiger partial charge in [0.2, 0.25) is 0 Å². The zero-order chi connectivity index (χ0) is 21.3. The molecule has 0 bridgehead atoms. The Labute approximate surface area is 177 Å². The largest absolute Gasteiger partial charge is 0.450 e. The number of aryl methyl sites for hydroxylation is 2. The molecule has 6 heteroatoms. The summed E-state index contributed by atoms with van der Waals surface area (Å²) in [5, 5.41) is 3.62. The zero-order valence-electron chi connectivity index (χ0n) is 17.9. The lowest BCUT2D eigenvalue weighted by atomic mass is 10.0. The Kier molecular flexibility index (Phi) is 5.66. The van der Waals surface area contributed by atoms with Gasteiger partial charge in [-0.1, -0.05) is 35.9 Å². The molecule has 0 spiro atoms. The number of nitrogens with zero attached hydrogens (tertiary/aromatic N) is 2. The van der Waals surface area contributed by atoms with Gasteiger partial charge in [0.1, 0.15) is 6.17 Å². The third-order valence-corrected chi connectivity index (χ3v) is 6.06. The fourth-order valence-corrected chi connectivity index (χ4v) is 4.52. The van der Waals surface area contributed by atoms with Crippen LogP contribution in [0.5, 0.6) is 0 Å². The number of benzene rings is 2. The smallest absolute Gasteiger partial charge is 0.409 e. The summed E-state index contributed by atoms with van der Waals surface area (Å²) in [4.78, 5) is 29.1. The molecule has 2 aromatic carbocycles. The summed E-state index contributed by atoms with van der Waals surface area (Å²) < 4.78 is 5.13. The Morgan fingerprint density at radius 3 is 2.57 bits per heavy atom. The van der Waals surface area contributed by atoms with Crippen LogP contribution in [0.4, 0.5) is 10.5 Å². The molecule has 1 N–H and O–H groups in total. The van der Waals surface area contributed by atoms with Crippen molar-refractivity contribution in [1.29, 1.82) is 0 Å². The maximum Gasteiger partial charge on any atom is 0.409 e. The minimum Gasteiger partial charge on any atom is -0.450 e. The monoisotopic (exact) mass is 407 g/mol. The average molecular weight is 408 g/mol. The van der Waals surface area contributed by atoms with E-state index in [1.54, 1.807) is 4.90 Å². The number of carbonyl (C=O) groups is 2. The number of amides is 2. The number of carbonyl (C=O) groups excluding carboxylic acids is 2. The van der Waals surface area contributed by atoms with Crippen LogP contribution in [0.1, 0.15) is 53.0 Å². The number of hydrogen-bond acceptors (Lipinski definition) is 4. The van der Waals surface area contributed by atoms with Crippen molar-refractivity contribution in [2.75, 3.05) is 25.0 Å². The van der Waals surface area contributed by atoms with Crippen molar-refractivity contribution < 1.29 is 14.3 Å². The third-order valence-electron chi connectivity index (χ3n) is 6.06. The lowest BCUT2D eigenvalue weighted by Gasteiger charge is -2.39. The standard InChI is InChI=1S/C24H29N3O3/c1-4-30-24(29)26-13-11-18(12-14-26)27-22(19-7-5-6-8-20(19)23(27)28)25-21-10-9-16(2)15-17(21)3/h5-10,15,18,22,25H,4,11-14H2,1-3H3/t22-/m0/s1. The van der Waals surface area contributed by atoms with Gasteiger partial charge in [0.25, 0.3) is 5.91 Å². The average Bonchev–Trinajstić information content (AvgIpc) is 3.02. The first-order valence-corrected chi connectivity index (χ1v) is 10.7. The van der Waals surface area contributed by atoms with E-state index in [9.17, 15) is 9.59 Å². The number of anilines is 1. The van der Waals surface area contributed by atoms with Gasteiger partial charge in [0, 0.05) is 35.9 Å². The second-order valence-electron chi connectivity index (χ2n) is 8.08. The number of rotatable bonds is 4. The van der Waals surface area contributed by atoms with Crippen LogP contribution in [-0.2, 0) is 4.74 Å². The van der Waals surface area contributed by atoms with Crippen molar-refractivity contribution in [3.8, 4) is 0 Å². The first kappa shape index (κ1) is 20.3. The van der Waals surface area contributed by atoms with E-state index < -0.39 is 0 Å². The molecule has 2 aromatic rings. The lowest BCUT2D eigenvalue weighted by molar-refractivity contribution is 0.0496. The Morgan fingerprint density at radius 2 is 1.87 bits per heavy atom. The van der Waals surface area contributed by atoms with Gasteiger partial charge in [-0.3, -0.25) is 4.79 Å². The first-order chi connectivity index (χ1) is 14.5. The van der Waals surface area contributed by atoms with Gasteiger partial charge in [-0.05, 0) is 51.3 Å². The number of nitrogens with one attached hydrogen (secondary N) is 1. The summed E-state index contributed by atoms with van der Waals surface area (Å²) in [5.74, 6) is 0.0578. The molecule has 1 atom stereocenters. The minimum atomic E-state index is -0.267. The van der Waals surface area contributed by atoms with Crippen LogP contribution in [0.2, 0.25) is 0 Å². The quantitative estimate of drug-likeness (QED) is 0.811. The van der Waals surface area contributed by atoms with E-state index in [0.29, 0.717) is 19.7 Å². The van der Waals surface area contributed by atoms with E-state index >= 15 is 0 Å². The Morgan fingerprint density at radius 1 is 1.13 bits per heavy atom. The molecule has 30 heavy (non-hydrogen) atoms. The maximum absolute atomic E-state index is 13.3. The highest BCUT2D eigenvalue weighted by atomic mass is 16.6. The van der Waals surface area contributed by atoms with E-state index in [0.717, 1.165) is 35.2 Å². The number of piperidine rings is 1. The predicted octanol–water partition coefficient (Wildman–Crippen LogP) is 4.49. The second-order valence-corrected chi connectivity index (χ2v) is 8.08. The third kappa shape index (κ3) is 3.74. The lowest BCUT2D eigenvalue weighted by Crippen LogP contribution is -2.49.